The van der Waals surface area contributed by atoms with Crippen LogP contribution in [-0.4, -0.2) is 22.2 Å². The Balaban J connectivity index is 1.83. The minimum Gasteiger partial charge on any atom is -0.454 e. The quantitative estimate of drug-likeness (QED) is 0.773. The zero-order chi connectivity index (χ0) is 15.7. The summed E-state index contributed by atoms with van der Waals surface area (Å²) in [4.78, 5) is 4.44. The highest BCUT2D eigenvalue weighted by atomic mass is 35.5. The Morgan fingerprint density at radius 3 is 2.91 bits per heavy atom. The topological polar surface area (TPSA) is 94.8 Å². The predicted octanol–water partition coefficient (Wildman–Crippen LogP) is 2.42. The smallest absolute Gasteiger partial charge is 0.244 e. The van der Waals surface area contributed by atoms with E-state index in [-0.39, 0.29) is 18.6 Å². The molecule has 0 bridgehead atoms. The Kier molecular flexibility index (Phi) is 2.34. The van der Waals surface area contributed by atoms with Crippen molar-refractivity contribution in [3.8, 4) is 17.4 Å². The molecular formula is C15H11ClN4O3. The van der Waals surface area contributed by atoms with Crippen molar-refractivity contribution in [3.05, 3.63) is 40.4 Å². The van der Waals surface area contributed by atoms with Crippen molar-refractivity contribution >= 4 is 22.5 Å². The molecule has 1 unspecified atom stereocenters. The fraction of sp³-hybridized carbons (Fsp3) is 0.200. The zero-order valence-corrected chi connectivity index (χ0v) is 12.8. The number of nitrogens with two attached hydrogens (primary N) is 1. The number of halogens is 1. The standard InChI is InChI=1S/C15H11ClN4O3/c1-5-10-11-6-2-8-9(22-4-21-8)3-7(6)18-13(16)12(11)14(17)23-15(10)20-19-5/h2-3,11H,4,17H2,1H3,(H,19,20). The molecule has 23 heavy (non-hydrogen) atoms. The predicted molar refractivity (Wildman–Crippen MR) is 82.5 cm³/mol. The molecular weight excluding hydrogens is 320 g/mol. The number of H-pyrrole nitrogens is 1. The lowest BCUT2D eigenvalue weighted by Gasteiger charge is -2.30. The number of aromatic nitrogens is 2. The summed E-state index contributed by atoms with van der Waals surface area (Å²) in [5.74, 6) is 1.82. The highest BCUT2D eigenvalue weighted by Crippen LogP contribution is 2.52. The molecule has 0 radical (unpaired) electrons. The first-order chi connectivity index (χ1) is 11.1. The number of aliphatic imine (C=N–C) groups is 1. The Morgan fingerprint density at radius 1 is 1.30 bits per heavy atom. The largest absolute Gasteiger partial charge is 0.454 e. The molecule has 3 aliphatic rings. The van der Waals surface area contributed by atoms with E-state index >= 15 is 0 Å². The van der Waals surface area contributed by atoms with Gasteiger partial charge in [-0.1, -0.05) is 11.6 Å². The molecule has 0 spiro atoms. The molecule has 1 aromatic heterocycles. The Hall–Kier alpha value is -2.67. The molecule has 5 rings (SSSR count). The van der Waals surface area contributed by atoms with E-state index in [9.17, 15) is 0 Å². The van der Waals surface area contributed by atoms with Gasteiger partial charge < -0.3 is 19.9 Å². The van der Waals surface area contributed by atoms with Crippen LogP contribution >= 0.6 is 11.6 Å². The number of rotatable bonds is 0. The summed E-state index contributed by atoms with van der Waals surface area (Å²) in [6.07, 6.45) is 0. The summed E-state index contributed by atoms with van der Waals surface area (Å²) in [5, 5.41) is 7.41. The minimum absolute atomic E-state index is 0.199. The maximum absolute atomic E-state index is 6.38. The van der Waals surface area contributed by atoms with E-state index in [2.05, 4.69) is 15.2 Å². The average molecular weight is 331 g/mol. The minimum atomic E-state index is -0.202. The van der Waals surface area contributed by atoms with Gasteiger partial charge in [0.2, 0.25) is 12.7 Å². The summed E-state index contributed by atoms with van der Waals surface area (Å²) >= 11 is 6.38. The summed E-state index contributed by atoms with van der Waals surface area (Å²) in [5.41, 5.74) is 10.2. The number of allylic oxidation sites excluding steroid dienone is 1. The van der Waals surface area contributed by atoms with Gasteiger partial charge in [0.25, 0.3) is 0 Å². The normalized spacial score (nSPS) is 20.4. The first-order valence-electron chi connectivity index (χ1n) is 7.04. The number of nitrogens with one attached hydrogen (secondary N) is 1. The van der Waals surface area contributed by atoms with Crippen molar-refractivity contribution in [2.75, 3.05) is 6.79 Å². The van der Waals surface area contributed by atoms with Gasteiger partial charge in [0.1, 0.15) is 5.17 Å². The molecule has 0 saturated carbocycles. The van der Waals surface area contributed by atoms with Crippen LogP contribution in [0.1, 0.15) is 22.7 Å². The summed E-state index contributed by atoms with van der Waals surface area (Å²) < 4.78 is 16.5. The van der Waals surface area contributed by atoms with Crippen LogP contribution in [0.5, 0.6) is 17.4 Å². The van der Waals surface area contributed by atoms with Crippen molar-refractivity contribution in [2.45, 2.75) is 12.8 Å². The SMILES string of the molecule is Cc1[nH]nc2c1C1C(=C(N)O2)C(Cl)=Nc2cc3c(cc21)OCO3. The molecule has 7 nitrogen and oxygen atoms in total. The van der Waals surface area contributed by atoms with Crippen LogP contribution in [0.4, 0.5) is 5.69 Å². The van der Waals surface area contributed by atoms with Gasteiger partial charge >= 0.3 is 0 Å². The van der Waals surface area contributed by atoms with Crippen molar-refractivity contribution in [1.29, 1.82) is 0 Å². The second-order valence-electron chi connectivity index (χ2n) is 5.55. The summed E-state index contributed by atoms with van der Waals surface area (Å²) in [6.45, 7) is 2.13. The van der Waals surface area contributed by atoms with Gasteiger partial charge in [-0.05, 0) is 18.6 Å². The van der Waals surface area contributed by atoms with Crippen LogP contribution in [0.25, 0.3) is 0 Å². The molecule has 0 amide bonds. The van der Waals surface area contributed by atoms with Crippen molar-refractivity contribution in [3.63, 3.8) is 0 Å². The highest BCUT2D eigenvalue weighted by molar-refractivity contribution is 6.70. The maximum atomic E-state index is 6.38. The number of benzene rings is 1. The molecule has 0 aliphatic carbocycles. The maximum Gasteiger partial charge on any atom is 0.244 e. The van der Waals surface area contributed by atoms with Crippen LogP contribution in [-0.2, 0) is 0 Å². The highest BCUT2D eigenvalue weighted by Gasteiger charge is 2.40. The first-order valence-corrected chi connectivity index (χ1v) is 7.41. The monoisotopic (exact) mass is 330 g/mol. The molecule has 1 aromatic carbocycles. The van der Waals surface area contributed by atoms with Gasteiger partial charge in [-0.3, -0.25) is 5.10 Å². The van der Waals surface area contributed by atoms with E-state index in [1.54, 1.807) is 0 Å². The van der Waals surface area contributed by atoms with Crippen molar-refractivity contribution in [1.82, 2.24) is 10.2 Å². The second kappa shape index (κ2) is 4.20. The Bertz CT molecular complexity index is 931. The lowest BCUT2D eigenvalue weighted by atomic mass is 9.81. The van der Waals surface area contributed by atoms with E-state index in [0.29, 0.717) is 28.1 Å². The second-order valence-corrected chi connectivity index (χ2v) is 5.91. The van der Waals surface area contributed by atoms with Crippen molar-refractivity contribution < 1.29 is 14.2 Å². The number of hydrogen-bond donors (Lipinski definition) is 2. The van der Waals surface area contributed by atoms with E-state index in [1.807, 2.05) is 19.1 Å². The van der Waals surface area contributed by atoms with Gasteiger partial charge in [-0.2, -0.15) is 0 Å². The molecule has 3 aliphatic heterocycles. The Labute approximate surface area is 135 Å². The fourth-order valence-electron chi connectivity index (χ4n) is 3.25. The summed E-state index contributed by atoms with van der Waals surface area (Å²) in [7, 11) is 0. The third-order valence-electron chi connectivity index (χ3n) is 4.28. The van der Waals surface area contributed by atoms with Crippen LogP contribution < -0.4 is 19.9 Å². The zero-order valence-electron chi connectivity index (χ0n) is 12.0. The molecule has 4 heterocycles. The first kappa shape index (κ1) is 12.8. The van der Waals surface area contributed by atoms with E-state index in [1.165, 1.54) is 0 Å². The molecule has 0 fully saturated rings. The van der Waals surface area contributed by atoms with Crippen LogP contribution in [0.3, 0.4) is 0 Å². The van der Waals surface area contributed by atoms with E-state index in [0.717, 1.165) is 22.5 Å². The summed E-state index contributed by atoms with van der Waals surface area (Å²) in [6, 6.07) is 3.75. The van der Waals surface area contributed by atoms with E-state index in [4.69, 9.17) is 31.5 Å². The number of aryl methyl sites for hydroxylation is 1. The van der Waals surface area contributed by atoms with Crippen LogP contribution in [0.15, 0.2) is 28.6 Å². The number of nitrogens with zero attached hydrogens (tertiary/aromatic N) is 2. The van der Waals surface area contributed by atoms with E-state index < -0.39 is 0 Å². The number of aromatic amines is 1. The molecule has 2 aromatic rings. The number of fused-ring (bicyclic) bond motifs is 6. The van der Waals surface area contributed by atoms with Crippen LogP contribution in [0, 0.1) is 6.92 Å². The average Bonchev–Trinajstić information content (AvgIpc) is 3.11. The fourth-order valence-corrected chi connectivity index (χ4v) is 3.55. The number of ether oxygens (including phenoxy) is 3. The molecule has 0 saturated heterocycles. The third kappa shape index (κ3) is 1.60. The molecule has 1 atom stereocenters. The van der Waals surface area contributed by atoms with Gasteiger partial charge in [0.15, 0.2) is 17.4 Å². The molecule has 8 heteroatoms. The van der Waals surface area contributed by atoms with Crippen molar-refractivity contribution in [2.24, 2.45) is 10.7 Å². The van der Waals surface area contributed by atoms with Gasteiger partial charge in [-0.25, -0.2) is 4.99 Å². The van der Waals surface area contributed by atoms with Crippen LogP contribution in [0.2, 0.25) is 0 Å². The molecule has 3 N–H and O–H groups in total. The number of hydrogen-bond acceptors (Lipinski definition) is 6. The lowest BCUT2D eigenvalue weighted by Crippen LogP contribution is -2.26. The lowest BCUT2D eigenvalue weighted by molar-refractivity contribution is 0.174. The van der Waals surface area contributed by atoms with Gasteiger partial charge in [0.05, 0.1) is 17.2 Å². The molecule has 116 valence electrons. The third-order valence-corrected chi connectivity index (χ3v) is 4.57. The van der Waals surface area contributed by atoms with Gasteiger partial charge in [0, 0.05) is 17.3 Å². The van der Waals surface area contributed by atoms with Gasteiger partial charge in [-0.15, -0.1) is 5.10 Å². The Morgan fingerprint density at radius 2 is 2.09 bits per heavy atom.